The molecule has 0 bridgehead atoms. The molecule has 0 aliphatic rings. The van der Waals surface area contributed by atoms with Crippen LogP contribution in [0.5, 0.6) is 0 Å². The van der Waals surface area contributed by atoms with Gasteiger partial charge < -0.3 is 10.1 Å². The zero-order valence-electron chi connectivity index (χ0n) is 14.7. The third-order valence-electron chi connectivity index (χ3n) is 3.49. The van der Waals surface area contributed by atoms with Crippen molar-refractivity contribution >= 4 is 38.8 Å². The number of hydrogen-bond acceptors (Lipinski definition) is 9. The molecule has 1 aromatic carbocycles. The Morgan fingerprint density at radius 2 is 2.19 bits per heavy atom. The van der Waals surface area contributed by atoms with Crippen LogP contribution in [0.4, 0.5) is 21.5 Å². The van der Waals surface area contributed by atoms with E-state index < -0.39 is 4.92 Å². The second-order valence-electron chi connectivity index (χ2n) is 5.31. The molecule has 26 heavy (non-hydrogen) atoms. The van der Waals surface area contributed by atoms with E-state index in [9.17, 15) is 14.9 Å². The minimum absolute atomic E-state index is 0.0863. The molecule has 1 aromatic heterocycles. The Balaban J connectivity index is 2.23. The molecule has 0 saturated carbocycles. The van der Waals surface area contributed by atoms with Crippen molar-refractivity contribution in [2.75, 3.05) is 18.5 Å². The molecule has 0 saturated heterocycles. The largest absolute Gasteiger partial charge is 0.464 e. The van der Waals surface area contributed by atoms with Crippen molar-refractivity contribution in [2.45, 2.75) is 27.2 Å². The van der Waals surface area contributed by atoms with Crippen molar-refractivity contribution in [3.63, 3.8) is 0 Å². The first-order valence-electron chi connectivity index (χ1n) is 7.94. The smallest absolute Gasteiger partial charge is 0.345 e. The quantitative estimate of drug-likeness (QED) is 0.241. The summed E-state index contributed by atoms with van der Waals surface area (Å²) >= 11 is 0.855. The summed E-state index contributed by atoms with van der Waals surface area (Å²) in [6.45, 7) is 6.06. The highest BCUT2D eigenvalue weighted by atomic mass is 32.1. The molecule has 10 heteroatoms. The second-order valence-corrected chi connectivity index (χ2v) is 6.30. The molecular formula is C16H19N5O4S. The Kier molecular flexibility index (Phi) is 6.73. The minimum Gasteiger partial charge on any atom is -0.464 e. The number of carbonyl (C=O) groups excluding carboxylic acids is 1. The van der Waals surface area contributed by atoms with E-state index in [1.165, 1.54) is 6.92 Å². The van der Waals surface area contributed by atoms with Gasteiger partial charge in [0.15, 0.2) is 0 Å². The molecule has 2 rings (SSSR count). The van der Waals surface area contributed by atoms with Crippen molar-refractivity contribution in [1.29, 1.82) is 0 Å². The Bertz CT molecular complexity index is 834. The van der Waals surface area contributed by atoms with Crippen LogP contribution < -0.4 is 5.32 Å². The Hall–Kier alpha value is -2.88. The highest BCUT2D eigenvalue weighted by Gasteiger charge is 2.13. The molecule has 138 valence electrons. The van der Waals surface area contributed by atoms with E-state index in [1.54, 1.807) is 0 Å². The number of carbonyl (C=O) groups is 1. The van der Waals surface area contributed by atoms with E-state index in [0.717, 1.165) is 40.8 Å². The topological polar surface area (TPSA) is 119 Å². The standard InChI is InChI=1S/C16H19N5O4S/c1-4-12-10(2)5-6-13(15(12)17-7-8-25-11(3)22)19-20-16-18-9-14(26-16)21(23)24/h5-6,9,17H,4,7-8H2,1-3H3. The van der Waals surface area contributed by atoms with Crippen molar-refractivity contribution in [3.05, 3.63) is 39.6 Å². The van der Waals surface area contributed by atoms with Crippen LogP contribution in [0.3, 0.4) is 0 Å². The SMILES string of the molecule is CCc1c(C)ccc(N=Nc2ncc([N+](=O)[O-])s2)c1NCCOC(C)=O. The maximum Gasteiger partial charge on any atom is 0.345 e. The number of nitrogens with zero attached hydrogens (tertiary/aromatic N) is 4. The summed E-state index contributed by atoms with van der Waals surface area (Å²) in [6.07, 6.45) is 1.94. The molecule has 0 fully saturated rings. The van der Waals surface area contributed by atoms with Crippen LogP contribution in [0.25, 0.3) is 0 Å². The zero-order chi connectivity index (χ0) is 19.1. The van der Waals surface area contributed by atoms with Gasteiger partial charge in [-0.25, -0.2) is 4.98 Å². The lowest BCUT2D eigenvalue weighted by Crippen LogP contribution is -2.13. The van der Waals surface area contributed by atoms with Gasteiger partial charge in [-0.1, -0.05) is 13.0 Å². The van der Waals surface area contributed by atoms with Crippen LogP contribution in [-0.2, 0) is 16.0 Å². The van der Waals surface area contributed by atoms with Crippen LogP contribution >= 0.6 is 11.3 Å². The molecule has 1 heterocycles. The van der Waals surface area contributed by atoms with Crippen LogP contribution in [0.2, 0.25) is 0 Å². The summed E-state index contributed by atoms with van der Waals surface area (Å²) in [4.78, 5) is 24.9. The van der Waals surface area contributed by atoms with E-state index in [4.69, 9.17) is 4.74 Å². The van der Waals surface area contributed by atoms with Crippen LogP contribution in [-0.4, -0.2) is 29.0 Å². The van der Waals surface area contributed by atoms with Crippen molar-refractivity contribution in [2.24, 2.45) is 10.2 Å². The summed E-state index contributed by atoms with van der Waals surface area (Å²) < 4.78 is 4.93. The number of nitrogens with one attached hydrogen (secondary N) is 1. The average Bonchev–Trinajstić information content (AvgIpc) is 3.07. The molecule has 0 spiro atoms. The Morgan fingerprint density at radius 1 is 1.42 bits per heavy atom. The number of hydrogen-bond donors (Lipinski definition) is 1. The van der Waals surface area contributed by atoms with Gasteiger partial charge in [0.1, 0.15) is 18.5 Å². The number of rotatable bonds is 8. The maximum absolute atomic E-state index is 10.9. The molecule has 0 atom stereocenters. The van der Waals surface area contributed by atoms with Crippen molar-refractivity contribution in [1.82, 2.24) is 4.98 Å². The fraction of sp³-hybridized carbons (Fsp3) is 0.375. The zero-order valence-corrected chi connectivity index (χ0v) is 15.5. The molecule has 0 amide bonds. The van der Waals surface area contributed by atoms with E-state index >= 15 is 0 Å². The third kappa shape index (κ3) is 5.06. The Morgan fingerprint density at radius 3 is 2.81 bits per heavy atom. The van der Waals surface area contributed by atoms with Crippen LogP contribution in [0.15, 0.2) is 28.6 Å². The highest BCUT2D eigenvalue weighted by molar-refractivity contribution is 7.18. The number of nitro groups is 1. The van der Waals surface area contributed by atoms with Gasteiger partial charge in [0.05, 0.1) is 10.6 Å². The van der Waals surface area contributed by atoms with E-state index in [-0.39, 0.29) is 22.7 Å². The number of ether oxygens (including phenoxy) is 1. The normalized spacial score (nSPS) is 10.9. The van der Waals surface area contributed by atoms with Gasteiger partial charge in [0, 0.05) is 13.5 Å². The summed E-state index contributed by atoms with van der Waals surface area (Å²) in [5, 5.41) is 22.3. The predicted molar refractivity (Wildman–Crippen MR) is 98.6 cm³/mol. The lowest BCUT2D eigenvalue weighted by atomic mass is 10.0. The number of esters is 1. The van der Waals surface area contributed by atoms with Crippen molar-refractivity contribution in [3.8, 4) is 0 Å². The third-order valence-corrected chi connectivity index (χ3v) is 4.33. The van der Waals surface area contributed by atoms with Gasteiger partial charge in [-0.2, -0.15) is 0 Å². The average molecular weight is 377 g/mol. The van der Waals surface area contributed by atoms with Gasteiger partial charge in [0.2, 0.25) is 5.13 Å². The van der Waals surface area contributed by atoms with E-state index in [1.807, 2.05) is 26.0 Å². The minimum atomic E-state index is -0.514. The van der Waals surface area contributed by atoms with E-state index in [0.29, 0.717) is 12.2 Å². The molecule has 1 N–H and O–H groups in total. The summed E-state index contributed by atoms with van der Waals surface area (Å²) in [5.41, 5.74) is 3.57. The van der Waals surface area contributed by atoms with Gasteiger partial charge in [-0.15, -0.1) is 10.2 Å². The summed E-state index contributed by atoms with van der Waals surface area (Å²) in [7, 11) is 0. The first kappa shape index (κ1) is 19.4. The van der Waals surface area contributed by atoms with E-state index in [2.05, 4.69) is 20.5 Å². The number of thiazole rings is 1. The first-order chi connectivity index (χ1) is 12.4. The Labute approximate surface area is 154 Å². The fourth-order valence-corrected chi connectivity index (χ4v) is 2.88. The molecule has 0 aliphatic heterocycles. The lowest BCUT2D eigenvalue weighted by molar-refractivity contribution is -0.380. The molecule has 9 nitrogen and oxygen atoms in total. The predicted octanol–water partition coefficient (Wildman–Crippen LogP) is 4.31. The van der Waals surface area contributed by atoms with Gasteiger partial charge >= 0.3 is 11.0 Å². The number of aryl methyl sites for hydroxylation is 1. The maximum atomic E-state index is 10.9. The van der Waals surface area contributed by atoms with Gasteiger partial charge in [0.25, 0.3) is 0 Å². The summed E-state index contributed by atoms with van der Waals surface area (Å²) in [5.74, 6) is -0.336. The molecule has 0 aliphatic carbocycles. The second kappa shape index (κ2) is 8.99. The van der Waals surface area contributed by atoms with Crippen LogP contribution in [0.1, 0.15) is 25.0 Å². The molecule has 0 unspecified atom stereocenters. The number of benzene rings is 1. The van der Waals surface area contributed by atoms with Crippen molar-refractivity contribution < 1.29 is 14.5 Å². The number of aromatic nitrogens is 1. The molecule has 0 radical (unpaired) electrons. The monoisotopic (exact) mass is 377 g/mol. The number of azo groups is 1. The molecular weight excluding hydrogens is 358 g/mol. The van der Waals surface area contributed by atoms with Gasteiger partial charge in [-0.05, 0) is 41.9 Å². The fourth-order valence-electron chi connectivity index (χ4n) is 2.33. The highest BCUT2D eigenvalue weighted by Crippen LogP contribution is 2.34. The van der Waals surface area contributed by atoms with Gasteiger partial charge in [-0.3, -0.25) is 14.9 Å². The summed E-state index contributed by atoms with van der Waals surface area (Å²) in [6, 6.07) is 3.75. The lowest BCUT2D eigenvalue weighted by Gasteiger charge is -2.15. The number of anilines is 1. The first-order valence-corrected chi connectivity index (χ1v) is 8.75. The van der Waals surface area contributed by atoms with Crippen LogP contribution in [0, 0.1) is 17.0 Å². The molecule has 2 aromatic rings.